The minimum atomic E-state index is -0.335. The standard InChI is InChI=1S/C12H9N3O3/c16-3-1-2-9-4-10(6-13-5-9)12(17)15-11-7-14-18-8-11/h4-8,16H,3H2,(H,15,17). The van der Waals surface area contributed by atoms with Crippen LogP contribution in [0.25, 0.3) is 0 Å². The van der Waals surface area contributed by atoms with Gasteiger partial charge in [-0.15, -0.1) is 0 Å². The summed E-state index contributed by atoms with van der Waals surface area (Å²) in [6.07, 6.45) is 5.65. The lowest BCUT2D eigenvalue weighted by Crippen LogP contribution is -2.11. The van der Waals surface area contributed by atoms with Crippen molar-refractivity contribution >= 4 is 11.6 Å². The Morgan fingerprint density at radius 3 is 3.06 bits per heavy atom. The summed E-state index contributed by atoms with van der Waals surface area (Å²) in [4.78, 5) is 15.7. The topological polar surface area (TPSA) is 88.3 Å². The molecule has 0 fully saturated rings. The maximum atomic E-state index is 11.8. The van der Waals surface area contributed by atoms with Crippen LogP contribution in [0.3, 0.4) is 0 Å². The second-order valence-corrected chi connectivity index (χ2v) is 3.29. The highest BCUT2D eigenvalue weighted by Crippen LogP contribution is 2.08. The van der Waals surface area contributed by atoms with Gasteiger partial charge in [-0.25, -0.2) is 0 Å². The Morgan fingerprint density at radius 2 is 2.33 bits per heavy atom. The molecule has 0 spiro atoms. The predicted molar refractivity (Wildman–Crippen MR) is 62.7 cm³/mol. The van der Waals surface area contributed by atoms with E-state index in [0.717, 1.165) is 0 Å². The second kappa shape index (κ2) is 5.61. The third-order valence-electron chi connectivity index (χ3n) is 2.00. The molecule has 0 aromatic carbocycles. The van der Waals surface area contributed by atoms with Crippen molar-refractivity contribution in [2.75, 3.05) is 11.9 Å². The number of nitrogens with zero attached hydrogens (tertiary/aromatic N) is 2. The summed E-state index contributed by atoms with van der Waals surface area (Å²) in [5, 5.41) is 14.6. The number of hydrogen-bond acceptors (Lipinski definition) is 5. The van der Waals surface area contributed by atoms with Crippen LogP contribution in [0.2, 0.25) is 0 Å². The Hall–Kier alpha value is -2.65. The van der Waals surface area contributed by atoms with Crippen molar-refractivity contribution in [2.45, 2.75) is 0 Å². The number of aromatic nitrogens is 2. The molecule has 2 aromatic rings. The Balaban J connectivity index is 2.15. The number of anilines is 1. The van der Waals surface area contributed by atoms with E-state index < -0.39 is 0 Å². The average Bonchev–Trinajstić information content (AvgIpc) is 2.89. The number of nitrogens with one attached hydrogen (secondary N) is 1. The van der Waals surface area contributed by atoms with Gasteiger partial charge in [-0.05, 0) is 6.07 Å². The summed E-state index contributed by atoms with van der Waals surface area (Å²) in [5.41, 5.74) is 1.38. The largest absolute Gasteiger partial charge is 0.384 e. The molecule has 2 heterocycles. The van der Waals surface area contributed by atoms with E-state index in [1.807, 2.05) is 0 Å². The van der Waals surface area contributed by atoms with Gasteiger partial charge in [0, 0.05) is 18.0 Å². The molecule has 0 unspecified atom stereocenters. The zero-order valence-corrected chi connectivity index (χ0v) is 9.25. The maximum absolute atomic E-state index is 11.8. The van der Waals surface area contributed by atoms with E-state index in [9.17, 15) is 4.79 Å². The van der Waals surface area contributed by atoms with Gasteiger partial charge in [0.05, 0.1) is 11.8 Å². The van der Waals surface area contributed by atoms with Crippen molar-refractivity contribution in [3.63, 3.8) is 0 Å². The van der Waals surface area contributed by atoms with E-state index in [4.69, 9.17) is 5.11 Å². The Kier molecular flexibility index (Phi) is 3.69. The van der Waals surface area contributed by atoms with Crippen LogP contribution in [0, 0.1) is 11.8 Å². The van der Waals surface area contributed by atoms with Crippen LogP contribution in [0.1, 0.15) is 15.9 Å². The van der Waals surface area contributed by atoms with Gasteiger partial charge in [-0.1, -0.05) is 17.0 Å². The first-order valence-electron chi connectivity index (χ1n) is 5.05. The third-order valence-corrected chi connectivity index (χ3v) is 2.00. The van der Waals surface area contributed by atoms with Gasteiger partial charge in [0.25, 0.3) is 5.91 Å². The number of aliphatic hydroxyl groups is 1. The average molecular weight is 243 g/mol. The van der Waals surface area contributed by atoms with Crippen LogP contribution in [-0.4, -0.2) is 27.8 Å². The van der Waals surface area contributed by atoms with Crippen LogP contribution in [-0.2, 0) is 0 Å². The molecule has 2 N–H and O–H groups in total. The van der Waals surface area contributed by atoms with E-state index in [2.05, 4.69) is 31.8 Å². The van der Waals surface area contributed by atoms with E-state index in [1.165, 1.54) is 24.9 Å². The first-order chi connectivity index (χ1) is 8.79. The molecule has 0 aliphatic rings. The van der Waals surface area contributed by atoms with Gasteiger partial charge in [0.15, 0.2) is 0 Å². The molecule has 6 nitrogen and oxygen atoms in total. The van der Waals surface area contributed by atoms with E-state index in [-0.39, 0.29) is 12.5 Å². The summed E-state index contributed by atoms with van der Waals surface area (Å²) in [5.74, 6) is 4.83. The summed E-state index contributed by atoms with van der Waals surface area (Å²) in [6, 6.07) is 1.58. The van der Waals surface area contributed by atoms with Crippen molar-refractivity contribution in [1.82, 2.24) is 10.1 Å². The molecule has 0 aliphatic heterocycles. The van der Waals surface area contributed by atoms with Crippen molar-refractivity contribution in [1.29, 1.82) is 0 Å². The van der Waals surface area contributed by atoms with E-state index in [1.54, 1.807) is 6.07 Å². The monoisotopic (exact) mass is 243 g/mol. The zero-order chi connectivity index (χ0) is 12.8. The van der Waals surface area contributed by atoms with Gasteiger partial charge in [0.2, 0.25) is 0 Å². The smallest absolute Gasteiger partial charge is 0.257 e. The van der Waals surface area contributed by atoms with E-state index in [0.29, 0.717) is 16.8 Å². The first-order valence-corrected chi connectivity index (χ1v) is 5.05. The molecule has 6 heteroatoms. The Bertz CT molecular complexity index is 597. The summed E-state index contributed by atoms with van der Waals surface area (Å²) < 4.78 is 4.60. The Labute approximate surface area is 103 Å². The van der Waals surface area contributed by atoms with E-state index >= 15 is 0 Å². The third kappa shape index (κ3) is 2.93. The SMILES string of the molecule is O=C(Nc1cnoc1)c1cncc(C#CCO)c1. The maximum Gasteiger partial charge on any atom is 0.257 e. The summed E-state index contributed by atoms with van der Waals surface area (Å²) >= 11 is 0. The lowest BCUT2D eigenvalue weighted by atomic mass is 10.2. The van der Waals surface area contributed by atoms with Crippen LogP contribution >= 0.6 is 0 Å². The fraction of sp³-hybridized carbons (Fsp3) is 0.0833. The number of rotatable bonds is 2. The minimum Gasteiger partial charge on any atom is -0.384 e. The molecular formula is C12H9N3O3. The fourth-order valence-corrected chi connectivity index (χ4v) is 1.24. The number of amides is 1. The van der Waals surface area contributed by atoms with Gasteiger partial charge in [0.1, 0.15) is 18.6 Å². The number of aliphatic hydroxyl groups excluding tert-OH is 1. The highest BCUT2D eigenvalue weighted by atomic mass is 16.5. The van der Waals surface area contributed by atoms with Gasteiger partial charge in [-0.2, -0.15) is 0 Å². The Morgan fingerprint density at radius 1 is 1.44 bits per heavy atom. The number of hydrogen-bond donors (Lipinski definition) is 2. The molecule has 0 atom stereocenters. The minimum absolute atomic E-state index is 0.239. The first kappa shape index (κ1) is 11.8. The molecule has 1 amide bonds. The van der Waals surface area contributed by atoms with Gasteiger partial charge in [-0.3, -0.25) is 9.78 Å². The van der Waals surface area contributed by atoms with Crippen molar-refractivity contribution in [3.8, 4) is 11.8 Å². The van der Waals surface area contributed by atoms with Crippen molar-refractivity contribution in [2.24, 2.45) is 0 Å². The normalized spacial score (nSPS) is 9.39. The molecule has 2 rings (SSSR count). The lowest BCUT2D eigenvalue weighted by Gasteiger charge is -2.01. The molecule has 0 saturated heterocycles. The highest BCUT2D eigenvalue weighted by Gasteiger charge is 2.07. The predicted octanol–water partition coefficient (Wildman–Crippen LogP) is 0.666. The summed E-state index contributed by atoms with van der Waals surface area (Å²) in [6.45, 7) is -0.239. The molecule has 2 aromatic heterocycles. The summed E-state index contributed by atoms with van der Waals surface area (Å²) in [7, 11) is 0. The zero-order valence-electron chi connectivity index (χ0n) is 9.25. The molecule has 0 aliphatic carbocycles. The molecule has 0 radical (unpaired) electrons. The van der Waals surface area contributed by atoms with Crippen molar-refractivity contribution < 1.29 is 14.4 Å². The molecule has 0 bridgehead atoms. The van der Waals surface area contributed by atoms with Crippen LogP contribution < -0.4 is 5.32 Å². The molecule has 0 saturated carbocycles. The van der Waals surface area contributed by atoms with Crippen LogP contribution in [0.5, 0.6) is 0 Å². The van der Waals surface area contributed by atoms with Gasteiger partial charge < -0.3 is 14.9 Å². The van der Waals surface area contributed by atoms with Crippen molar-refractivity contribution in [3.05, 3.63) is 42.0 Å². The van der Waals surface area contributed by atoms with Crippen LogP contribution in [0.4, 0.5) is 5.69 Å². The number of carbonyl (C=O) groups is 1. The lowest BCUT2D eigenvalue weighted by molar-refractivity contribution is 0.102. The quantitative estimate of drug-likeness (QED) is 0.757. The second-order valence-electron chi connectivity index (χ2n) is 3.29. The number of pyridine rings is 1. The van der Waals surface area contributed by atoms with Crippen LogP contribution in [0.15, 0.2) is 35.4 Å². The number of carbonyl (C=O) groups excluding carboxylic acids is 1. The highest BCUT2D eigenvalue weighted by molar-refractivity contribution is 6.04. The van der Waals surface area contributed by atoms with Gasteiger partial charge >= 0.3 is 0 Å². The molecular weight excluding hydrogens is 234 g/mol. The fourth-order valence-electron chi connectivity index (χ4n) is 1.24. The molecule has 90 valence electrons. The molecule has 18 heavy (non-hydrogen) atoms.